The van der Waals surface area contributed by atoms with E-state index in [0.717, 1.165) is 24.2 Å². The predicted octanol–water partition coefficient (Wildman–Crippen LogP) is 3.65. The molecule has 0 unspecified atom stereocenters. The largest absolute Gasteiger partial charge is 0.484 e. The van der Waals surface area contributed by atoms with Gasteiger partial charge in [0, 0.05) is 12.6 Å². The Kier molecular flexibility index (Phi) is 5.37. The summed E-state index contributed by atoms with van der Waals surface area (Å²) in [6.45, 7) is 0.223. The number of benzene rings is 2. The normalized spacial score (nSPS) is 13.0. The van der Waals surface area contributed by atoms with Crippen molar-refractivity contribution in [3.63, 3.8) is 0 Å². The van der Waals surface area contributed by atoms with Gasteiger partial charge >= 0.3 is 0 Å². The first-order valence-corrected chi connectivity index (χ1v) is 9.55. The summed E-state index contributed by atoms with van der Waals surface area (Å²) in [5, 5.41) is 3.98. The van der Waals surface area contributed by atoms with Crippen molar-refractivity contribution in [2.24, 2.45) is 0 Å². The zero-order valence-electron chi connectivity index (χ0n) is 15.9. The third kappa shape index (κ3) is 4.22. The van der Waals surface area contributed by atoms with Gasteiger partial charge in [0.15, 0.2) is 6.61 Å². The summed E-state index contributed by atoms with van der Waals surface area (Å²) in [5.41, 5.74) is 3.61. The highest BCUT2D eigenvalue weighted by atomic mass is 16.5. The van der Waals surface area contributed by atoms with Gasteiger partial charge in [0.2, 0.25) is 11.7 Å². The summed E-state index contributed by atoms with van der Waals surface area (Å²) in [4.78, 5) is 18.3. The highest BCUT2D eigenvalue weighted by Crippen LogP contribution is 2.25. The zero-order chi connectivity index (χ0) is 19.3. The summed E-state index contributed by atoms with van der Waals surface area (Å²) in [6.07, 6.45) is 4.68. The number of carbonyl (C=O) groups excluding carboxylic acids is 1. The minimum Gasteiger partial charge on any atom is -0.484 e. The molecule has 0 saturated heterocycles. The number of carbonyl (C=O) groups is 1. The summed E-state index contributed by atoms with van der Waals surface area (Å²) in [5.74, 6) is 1.51. The van der Waals surface area contributed by atoms with E-state index >= 15 is 0 Å². The number of likely N-dealkylation sites (N-methyl/N-ethyl adjacent to an activating group) is 1. The Bertz CT molecular complexity index is 953. The second kappa shape index (κ2) is 8.25. The van der Waals surface area contributed by atoms with E-state index in [1.165, 1.54) is 28.9 Å². The lowest BCUT2D eigenvalue weighted by molar-refractivity contribution is -0.132. The van der Waals surface area contributed by atoms with Gasteiger partial charge in [-0.15, -0.1) is 0 Å². The average Bonchev–Trinajstić information content (AvgIpc) is 3.21. The number of rotatable bonds is 6. The van der Waals surface area contributed by atoms with Crippen molar-refractivity contribution in [1.82, 2.24) is 15.0 Å². The molecule has 0 saturated carbocycles. The number of ether oxygens (including phenoxy) is 1. The second-order valence-electron chi connectivity index (χ2n) is 7.05. The maximum atomic E-state index is 12.4. The molecule has 1 heterocycles. The Morgan fingerprint density at radius 1 is 1.11 bits per heavy atom. The van der Waals surface area contributed by atoms with Gasteiger partial charge in [-0.1, -0.05) is 41.6 Å². The fourth-order valence-electron chi connectivity index (χ4n) is 3.37. The molecule has 3 aromatic rings. The first-order valence-electron chi connectivity index (χ1n) is 9.55. The first-order chi connectivity index (χ1) is 13.7. The van der Waals surface area contributed by atoms with E-state index in [1.54, 1.807) is 7.05 Å². The van der Waals surface area contributed by atoms with Crippen molar-refractivity contribution >= 4 is 5.91 Å². The van der Waals surface area contributed by atoms with E-state index in [9.17, 15) is 4.79 Å². The molecule has 0 bridgehead atoms. The van der Waals surface area contributed by atoms with E-state index < -0.39 is 0 Å². The first kappa shape index (κ1) is 18.2. The van der Waals surface area contributed by atoms with Gasteiger partial charge < -0.3 is 14.2 Å². The van der Waals surface area contributed by atoms with Crippen molar-refractivity contribution in [2.75, 3.05) is 13.7 Å². The number of hydrogen-bond acceptors (Lipinski definition) is 5. The van der Waals surface area contributed by atoms with Gasteiger partial charge in [0.05, 0.1) is 6.54 Å². The Hall–Kier alpha value is -3.15. The predicted molar refractivity (Wildman–Crippen MR) is 105 cm³/mol. The molecule has 28 heavy (non-hydrogen) atoms. The molecular formula is C22H23N3O3. The molecule has 0 N–H and O–H groups in total. The standard InChI is InChI=1S/C22H23N3O3/c1-25(14-20-23-22(24-28-20)17-8-3-2-4-9-17)21(26)15-27-19-12-11-16-7-5-6-10-18(16)13-19/h2-4,8-9,11-13H,5-7,10,14-15H2,1H3. The van der Waals surface area contributed by atoms with Crippen molar-refractivity contribution in [3.05, 3.63) is 65.5 Å². The Labute approximate surface area is 164 Å². The molecule has 6 nitrogen and oxygen atoms in total. The van der Waals surface area contributed by atoms with Crippen LogP contribution in [0, 0.1) is 0 Å². The summed E-state index contributed by atoms with van der Waals surface area (Å²) in [6, 6.07) is 15.7. The van der Waals surface area contributed by atoms with Crippen LogP contribution in [0.1, 0.15) is 29.9 Å². The number of fused-ring (bicyclic) bond motifs is 1. The Morgan fingerprint density at radius 2 is 1.89 bits per heavy atom. The number of nitrogens with zero attached hydrogens (tertiary/aromatic N) is 3. The average molecular weight is 377 g/mol. The van der Waals surface area contributed by atoms with E-state index in [1.807, 2.05) is 36.4 Å². The Balaban J connectivity index is 1.32. The smallest absolute Gasteiger partial charge is 0.260 e. The molecule has 0 atom stereocenters. The van der Waals surface area contributed by atoms with E-state index in [-0.39, 0.29) is 19.1 Å². The highest BCUT2D eigenvalue weighted by molar-refractivity contribution is 5.77. The minimum atomic E-state index is -0.141. The Morgan fingerprint density at radius 3 is 2.71 bits per heavy atom. The molecule has 2 aromatic carbocycles. The zero-order valence-corrected chi connectivity index (χ0v) is 15.9. The fraction of sp³-hybridized carbons (Fsp3) is 0.318. The van der Waals surface area contributed by atoms with Crippen molar-refractivity contribution in [2.45, 2.75) is 32.2 Å². The van der Waals surface area contributed by atoms with Crippen LogP contribution in [-0.2, 0) is 24.2 Å². The molecule has 0 spiro atoms. The number of amides is 1. The quantitative estimate of drug-likeness (QED) is 0.656. The lowest BCUT2D eigenvalue weighted by atomic mass is 9.92. The van der Waals surface area contributed by atoms with Crippen LogP contribution >= 0.6 is 0 Å². The topological polar surface area (TPSA) is 68.5 Å². The molecule has 0 aliphatic heterocycles. The van der Waals surface area contributed by atoms with Crippen LogP contribution in [0.15, 0.2) is 53.1 Å². The van der Waals surface area contributed by atoms with E-state index in [0.29, 0.717) is 11.7 Å². The van der Waals surface area contributed by atoms with E-state index in [2.05, 4.69) is 22.3 Å². The maximum Gasteiger partial charge on any atom is 0.260 e. The molecule has 1 aromatic heterocycles. The summed E-state index contributed by atoms with van der Waals surface area (Å²) in [7, 11) is 1.70. The number of aromatic nitrogens is 2. The monoisotopic (exact) mass is 377 g/mol. The van der Waals surface area contributed by atoms with Crippen LogP contribution in [0.25, 0.3) is 11.4 Å². The second-order valence-corrected chi connectivity index (χ2v) is 7.05. The lowest BCUT2D eigenvalue weighted by Crippen LogP contribution is -2.31. The SMILES string of the molecule is CN(Cc1nc(-c2ccccc2)no1)C(=O)COc1ccc2c(c1)CCCC2. The van der Waals surface area contributed by atoms with Gasteiger partial charge in [-0.05, 0) is 48.9 Å². The van der Waals surface area contributed by atoms with Crippen LogP contribution < -0.4 is 4.74 Å². The molecule has 1 amide bonds. The van der Waals surface area contributed by atoms with Crippen LogP contribution in [-0.4, -0.2) is 34.6 Å². The van der Waals surface area contributed by atoms with Crippen molar-refractivity contribution < 1.29 is 14.1 Å². The molecule has 1 aliphatic rings. The van der Waals surface area contributed by atoms with Crippen molar-refractivity contribution in [1.29, 1.82) is 0 Å². The van der Waals surface area contributed by atoms with Gasteiger partial charge in [0.1, 0.15) is 5.75 Å². The molecule has 6 heteroatoms. The molecule has 144 valence electrons. The van der Waals surface area contributed by atoms with Crippen LogP contribution in [0.5, 0.6) is 5.75 Å². The molecule has 0 fully saturated rings. The van der Waals surface area contributed by atoms with Crippen LogP contribution in [0.4, 0.5) is 0 Å². The van der Waals surface area contributed by atoms with Gasteiger partial charge in [-0.25, -0.2) is 0 Å². The van der Waals surface area contributed by atoms with E-state index in [4.69, 9.17) is 9.26 Å². The maximum absolute atomic E-state index is 12.4. The highest BCUT2D eigenvalue weighted by Gasteiger charge is 2.16. The fourth-order valence-corrected chi connectivity index (χ4v) is 3.37. The summed E-state index contributed by atoms with van der Waals surface area (Å²) < 4.78 is 11.0. The number of hydrogen-bond donors (Lipinski definition) is 0. The molecule has 0 radical (unpaired) electrons. The van der Waals surface area contributed by atoms with Gasteiger partial charge in [-0.2, -0.15) is 4.98 Å². The molecular weight excluding hydrogens is 354 g/mol. The van der Waals surface area contributed by atoms with Crippen LogP contribution in [0.2, 0.25) is 0 Å². The van der Waals surface area contributed by atoms with Gasteiger partial charge in [-0.3, -0.25) is 4.79 Å². The number of aryl methyl sites for hydroxylation is 2. The lowest BCUT2D eigenvalue weighted by Gasteiger charge is -2.18. The van der Waals surface area contributed by atoms with Crippen molar-refractivity contribution in [3.8, 4) is 17.1 Å². The molecule has 1 aliphatic carbocycles. The van der Waals surface area contributed by atoms with Gasteiger partial charge in [0.25, 0.3) is 5.91 Å². The van der Waals surface area contributed by atoms with Crippen LogP contribution in [0.3, 0.4) is 0 Å². The third-order valence-corrected chi connectivity index (χ3v) is 4.98. The minimum absolute atomic E-state index is 0.0189. The summed E-state index contributed by atoms with van der Waals surface area (Å²) >= 11 is 0. The third-order valence-electron chi connectivity index (χ3n) is 4.98. The molecule has 4 rings (SSSR count).